The molecule has 0 amide bonds. The standard InChI is InChI=1S/C12H16N5O6P/c13-10-6-11(15-3-14-10)17(4-16-6)7-5-1-12(5,9(19)8(7)18)2-23-24(20,21)22/h3-5,7-9,18-19H,1-2H2,(H2,13,14,15)(H2,20,21,22)/t5-,7-,8+,9+,12-/m1/s1. The van der Waals surface area contributed by atoms with Crippen LogP contribution in [-0.2, 0) is 9.09 Å². The molecular formula is C12H16N5O6P. The Morgan fingerprint density at radius 1 is 1.38 bits per heavy atom. The van der Waals surface area contributed by atoms with Crippen LogP contribution >= 0.6 is 7.82 Å². The number of aromatic nitrogens is 4. The van der Waals surface area contributed by atoms with E-state index in [0.717, 1.165) is 0 Å². The molecule has 0 radical (unpaired) electrons. The highest BCUT2D eigenvalue weighted by atomic mass is 31.2. The van der Waals surface area contributed by atoms with Crippen molar-refractivity contribution in [2.45, 2.75) is 24.7 Å². The van der Waals surface area contributed by atoms with Gasteiger partial charge in [0.25, 0.3) is 0 Å². The molecule has 2 aliphatic carbocycles. The topological polar surface area (TPSA) is 177 Å². The summed E-state index contributed by atoms with van der Waals surface area (Å²) in [5.41, 5.74) is 5.68. The van der Waals surface area contributed by atoms with Crippen molar-refractivity contribution in [2.24, 2.45) is 11.3 Å². The van der Waals surface area contributed by atoms with Crippen molar-refractivity contribution in [3.05, 3.63) is 12.7 Å². The van der Waals surface area contributed by atoms with Gasteiger partial charge in [-0.1, -0.05) is 0 Å². The zero-order chi connectivity index (χ0) is 17.3. The lowest BCUT2D eigenvalue weighted by atomic mass is 10.0. The minimum absolute atomic E-state index is 0.207. The first kappa shape index (κ1) is 15.9. The van der Waals surface area contributed by atoms with Crippen molar-refractivity contribution in [1.29, 1.82) is 0 Å². The molecule has 2 heterocycles. The van der Waals surface area contributed by atoms with Crippen LogP contribution in [0.3, 0.4) is 0 Å². The van der Waals surface area contributed by atoms with Gasteiger partial charge in [0.2, 0.25) is 0 Å². The zero-order valence-electron chi connectivity index (χ0n) is 12.3. The van der Waals surface area contributed by atoms with Crippen molar-refractivity contribution in [3.63, 3.8) is 0 Å². The SMILES string of the molecule is Nc1ncnc2c1ncn2[C@H]1[C@H](O)[C@H](O)[C@@]2(COP(=O)(O)O)C[C@H]12. The highest BCUT2D eigenvalue weighted by Gasteiger charge is 2.72. The molecule has 2 saturated carbocycles. The quantitative estimate of drug-likeness (QED) is 0.418. The summed E-state index contributed by atoms with van der Waals surface area (Å²) in [6, 6.07) is -0.542. The molecule has 2 fully saturated rings. The Labute approximate surface area is 135 Å². The van der Waals surface area contributed by atoms with Gasteiger partial charge in [-0.15, -0.1) is 0 Å². The monoisotopic (exact) mass is 357 g/mol. The van der Waals surface area contributed by atoms with E-state index < -0.39 is 31.5 Å². The number of phosphoric ester groups is 1. The van der Waals surface area contributed by atoms with E-state index in [4.69, 9.17) is 15.5 Å². The lowest BCUT2D eigenvalue weighted by molar-refractivity contribution is -0.0297. The molecule has 0 aliphatic heterocycles. The summed E-state index contributed by atoms with van der Waals surface area (Å²) in [4.78, 5) is 29.9. The van der Waals surface area contributed by atoms with Crippen LogP contribution in [0.5, 0.6) is 0 Å². The Hall–Kier alpha value is -1.62. The fourth-order valence-electron chi connectivity index (χ4n) is 3.82. The molecule has 6 N–H and O–H groups in total. The average molecular weight is 357 g/mol. The predicted octanol–water partition coefficient (Wildman–Crippen LogP) is -1.20. The van der Waals surface area contributed by atoms with Crippen LogP contribution < -0.4 is 5.73 Å². The molecule has 130 valence electrons. The molecule has 2 aromatic rings. The number of aliphatic hydroxyl groups excluding tert-OH is 2. The first-order chi connectivity index (χ1) is 11.2. The first-order valence-electron chi connectivity index (χ1n) is 7.24. The third kappa shape index (κ3) is 2.17. The summed E-state index contributed by atoms with van der Waals surface area (Å²) in [6.07, 6.45) is 0.906. The summed E-state index contributed by atoms with van der Waals surface area (Å²) < 4.78 is 17.1. The maximum absolute atomic E-state index is 10.9. The van der Waals surface area contributed by atoms with Crippen molar-refractivity contribution >= 4 is 24.8 Å². The third-order valence-electron chi connectivity index (χ3n) is 5.06. The summed E-state index contributed by atoms with van der Waals surface area (Å²) in [6.45, 7) is -0.333. The van der Waals surface area contributed by atoms with Gasteiger partial charge >= 0.3 is 7.82 Å². The number of fused-ring (bicyclic) bond motifs is 2. The van der Waals surface area contributed by atoms with Crippen molar-refractivity contribution in [3.8, 4) is 0 Å². The van der Waals surface area contributed by atoms with Crippen LogP contribution in [0.15, 0.2) is 12.7 Å². The van der Waals surface area contributed by atoms with E-state index in [0.29, 0.717) is 17.6 Å². The van der Waals surface area contributed by atoms with Crippen molar-refractivity contribution in [2.75, 3.05) is 12.3 Å². The number of nitrogens with zero attached hydrogens (tertiary/aromatic N) is 4. The number of nitrogen functional groups attached to an aromatic ring is 1. The van der Waals surface area contributed by atoms with Gasteiger partial charge in [-0.3, -0.25) is 4.52 Å². The first-order valence-corrected chi connectivity index (χ1v) is 8.77. The fourth-order valence-corrected chi connectivity index (χ4v) is 4.23. The fraction of sp³-hybridized carbons (Fsp3) is 0.583. The zero-order valence-corrected chi connectivity index (χ0v) is 13.2. The number of aliphatic hydroxyl groups is 2. The van der Waals surface area contributed by atoms with Crippen molar-refractivity contribution in [1.82, 2.24) is 19.5 Å². The summed E-state index contributed by atoms with van der Waals surface area (Å²) in [7, 11) is -4.65. The van der Waals surface area contributed by atoms with E-state index in [1.54, 1.807) is 4.57 Å². The van der Waals surface area contributed by atoms with Gasteiger partial charge in [-0.25, -0.2) is 19.5 Å². The molecule has 11 nitrogen and oxygen atoms in total. The number of phosphoric acid groups is 1. The molecular weight excluding hydrogens is 341 g/mol. The van der Waals surface area contributed by atoms with E-state index in [1.807, 2.05) is 0 Å². The van der Waals surface area contributed by atoms with E-state index in [9.17, 15) is 14.8 Å². The van der Waals surface area contributed by atoms with Gasteiger partial charge in [0, 0.05) is 5.41 Å². The van der Waals surface area contributed by atoms with Gasteiger partial charge in [0.1, 0.15) is 17.9 Å². The van der Waals surface area contributed by atoms with Crippen LogP contribution in [0.2, 0.25) is 0 Å². The number of nitrogens with two attached hydrogens (primary N) is 1. The molecule has 5 atom stereocenters. The summed E-state index contributed by atoms with van der Waals surface area (Å²) >= 11 is 0. The molecule has 0 saturated heterocycles. The number of imidazole rings is 1. The molecule has 2 aliphatic rings. The number of rotatable bonds is 4. The number of anilines is 1. The summed E-state index contributed by atoms with van der Waals surface area (Å²) in [5, 5.41) is 20.8. The van der Waals surface area contributed by atoms with Crippen molar-refractivity contribution < 1.29 is 29.1 Å². The smallest absolute Gasteiger partial charge is 0.390 e. The van der Waals surface area contributed by atoms with Gasteiger partial charge in [-0.05, 0) is 12.3 Å². The van der Waals surface area contributed by atoms with E-state index in [2.05, 4.69) is 19.5 Å². The van der Waals surface area contributed by atoms with Crippen LogP contribution in [0.1, 0.15) is 12.5 Å². The highest BCUT2D eigenvalue weighted by Crippen LogP contribution is 2.68. The van der Waals surface area contributed by atoms with E-state index in [-0.39, 0.29) is 18.3 Å². The lowest BCUT2D eigenvalue weighted by Gasteiger charge is -2.24. The lowest BCUT2D eigenvalue weighted by Crippen LogP contribution is -2.35. The molecule has 12 heteroatoms. The minimum Gasteiger partial charge on any atom is -0.390 e. The Morgan fingerprint density at radius 2 is 2.12 bits per heavy atom. The average Bonchev–Trinajstić information content (AvgIpc) is 3.00. The van der Waals surface area contributed by atoms with E-state index in [1.165, 1.54) is 12.7 Å². The van der Waals surface area contributed by atoms with Crippen LogP contribution in [-0.4, -0.2) is 58.3 Å². The van der Waals surface area contributed by atoms with E-state index >= 15 is 0 Å². The second-order valence-corrected chi connectivity index (χ2v) is 7.56. The minimum atomic E-state index is -4.65. The largest absolute Gasteiger partial charge is 0.469 e. The predicted molar refractivity (Wildman–Crippen MR) is 79.3 cm³/mol. The molecule has 0 spiro atoms. The Morgan fingerprint density at radius 3 is 2.83 bits per heavy atom. The number of hydrogen-bond donors (Lipinski definition) is 5. The second kappa shape index (κ2) is 4.94. The molecule has 4 rings (SSSR count). The second-order valence-electron chi connectivity index (χ2n) is 6.32. The molecule has 0 bridgehead atoms. The third-order valence-corrected chi connectivity index (χ3v) is 5.53. The number of hydrogen-bond acceptors (Lipinski definition) is 8. The van der Waals surface area contributed by atoms with Crippen LogP contribution in [0, 0.1) is 11.3 Å². The molecule has 2 aromatic heterocycles. The molecule has 0 unspecified atom stereocenters. The Bertz CT molecular complexity index is 854. The molecule has 0 aromatic carbocycles. The maximum Gasteiger partial charge on any atom is 0.469 e. The van der Waals surface area contributed by atoms with Gasteiger partial charge in [-0.2, -0.15) is 0 Å². The normalized spacial score (nSPS) is 35.3. The molecule has 24 heavy (non-hydrogen) atoms. The Balaban J connectivity index is 1.68. The van der Waals surface area contributed by atoms with Gasteiger partial charge < -0.3 is 30.3 Å². The highest BCUT2D eigenvalue weighted by molar-refractivity contribution is 7.46. The van der Waals surface area contributed by atoms with Gasteiger partial charge in [0.05, 0.1) is 25.1 Å². The van der Waals surface area contributed by atoms with Gasteiger partial charge in [0.15, 0.2) is 11.5 Å². The maximum atomic E-state index is 10.9. The van der Waals surface area contributed by atoms with Crippen LogP contribution in [0.25, 0.3) is 11.2 Å². The van der Waals surface area contributed by atoms with Crippen LogP contribution in [0.4, 0.5) is 5.82 Å². The Kier molecular flexibility index (Phi) is 3.27. The summed E-state index contributed by atoms with van der Waals surface area (Å²) in [5.74, 6) is -0.0127.